The summed E-state index contributed by atoms with van der Waals surface area (Å²) in [6, 6.07) is 19.8. The van der Waals surface area contributed by atoms with Gasteiger partial charge < -0.3 is 20.1 Å². The van der Waals surface area contributed by atoms with E-state index in [0.717, 1.165) is 11.3 Å². The number of hydrogen-bond acceptors (Lipinski definition) is 4. The van der Waals surface area contributed by atoms with E-state index < -0.39 is 6.04 Å². The maximum atomic E-state index is 13.1. The highest BCUT2D eigenvalue weighted by Crippen LogP contribution is 2.35. The van der Waals surface area contributed by atoms with E-state index in [4.69, 9.17) is 9.47 Å². The molecule has 1 atom stereocenters. The first-order valence-corrected chi connectivity index (χ1v) is 8.46. The maximum Gasteiger partial charge on any atom is 0.251 e. The van der Waals surface area contributed by atoms with Crippen molar-refractivity contribution in [3.05, 3.63) is 84.2 Å². The van der Waals surface area contributed by atoms with E-state index in [0.29, 0.717) is 17.2 Å². The molecule has 0 saturated carbocycles. The number of carbonyl (C=O) groups is 1. The van der Waals surface area contributed by atoms with Crippen molar-refractivity contribution in [3.8, 4) is 11.5 Å². The molecule has 136 valence electrons. The van der Waals surface area contributed by atoms with Gasteiger partial charge in [0, 0.05) is 17.4 Å². The van der Waals surface area contributed by atoms with E-state index in [9.17, 15) is 9.18 Å². The van der Waals surface area contributed by atoms with Crippen molar-refractivity contribution < 1.29 is 18.7 Å². The van der Waals surface area contributed by atoms with E-state index in [1.807, 2.05) is 36.4 Å². The lowest BCUT2D eigenvalue weighted by molar-refractivity contribution is -0.117. The Morgan fingerprint density at radius 1 is 0.889 bits per heavy atom. The zero-order valence-corrected chi connectivity index (χ0v) is 14.3. The third kappa shape index (κ3) is 3.84. The van der Waals surface area contributed by atoms with Crippen LogP contribution in [0.25, 0.3) is 0 Å². The second-order valence-corrected chi connectivity index (χ2v) is 6.05. The van der Waals surface area contributed by atoms with Gasteiger partial charge >= 0.3 is 0 Å². The number of hydrogen-bond donors (Lipinski definition) is 2. The Bertz CT molecular complexity index is 945. The van der Waals surface area contributed by atoms with Crippen molar-refractivity contribution in [2.75, 3.05) is 17.4 Å². The molecule has 0 spiro atoms. The van der Waals surface area contributed by atoms with Crippen molar-refractivity contribution in [1.29, 1.82) is 0 Å². The molecule has 0 aliphatic carbocycles. The number of ether oxygens (including phenoxy) is 2. The first-order valence-electron chi connectivity index (χ1n) is 8.46. The Morgan fingerprint density at radius 2 is 1.59 bits per heavy atom. The van der Waals surface area contributed by atoms with Crippen LogP contribution in [0.2, 0.25) is 0 Å². The summed E-state index contributed by atoms with van der Waals surface area (Å²) in [6.45, 7) is 0.186. The quantitative estimate of drug-likeness (QED) is 0.707. The highest BCUT2D eigenvalue weighted by Gasteiger charge is 2.22. The van der Waals surface area contributed by atoms with E-state index in [1.165, 1.54) is 24.3 Å². The molecule has 3 aromatic rings. The van der Waals surface area contributed by atoms with Gasteiger partial charge in [0.25, 0.3) is 5.91 Å². The van der Waals surface area contributed by atoms with Crippen LogP contribution >= 0.6 is 0 Å². The molecule has 0 bridgehead atoms. The van der Waals surface area contributed by atoms with Gasteiger partial charge in [0.2, 0.25) is 6.79 Å². The number of fused-ring (bicyclic) bond motifs is 1. The Hall–Kier alpha value is -3.54. The first-order chi connectivity index (χ1) is 13.2. The smallest absolute Gasteiger partial charge is 0.251 e. The van der Waals surface area contributed by atoms with Crippen LogP contribution in [-0.2, 0) is 4.79 Å². The SMILES string of the molecule is O=C(Nc1ccc(F)cc1)[C@H](Nc1ccc2c(c1)OCO2)c1ccccc1. The molecule has 0 saturated heterocycles. The highest BCUT2D eigenvalue weighted by atomic mass is 19.1. The summed E-state index contributed by atoms with van der Waals surface area (Å²) in [5.74, 6) is 0.690. The molecular weight excluding hydrogens is 347 g/mol. The number of anilines is 2. The molecule has 0 unspecified atom stereocenters. The number of amides is 1. The highest BCUT2D eigenvalue weighted by molar-refractivity contribution is 5.97. The van der Waals surface area contributed by atoms with Crippen LogP contribution in [0.15, 0.2) is 72.8 Å². The summed E-state index contributed by atoms with van der Waals surface area (Å²) < 4.78 is 23.8. The third-order valence-electron chi connectivity index (χ3n) is 4.19. The van der Waals surface area contributed by atoms with Gasteiger partial charge in [-0.25, -0.2) is 4.39 Å². The van der Waals surface area contributed by atoms with Crippen molar-refractivity contribution in [2.45, 2.75) is 6.04 Å². The second-order valence-electron chi connectivity index (χ2n) is 6.05. The molecule has 5 nitrogen and oxygen atoms in total. The molecule has 1 amide bonds. The molecule has 1 aliphatic rings. The van der Waals surface area contributed by atoms with Crippen LogP contribution < -0.4 is 20.1 Å². The van der Waals surface area contributed by atoms with Gasteiger partial charge in [-0.2, -0.15) is 0 Å². The zero-order chi connectivity index (χ0) is 18.6. The number of carbonyl (C=O) groups excluding carboxylic acids is 1. The number of nitrogens with one attached hydrogen (secondary N) is 2. The van der Waals surface area contributed by atoms with Crippen LogP contribution in [0.4, 0.5) is 15.8 Å². The average Bonchev–Trinajstić information content (AvgIpc) is 3.16. The zero-order valence-electron chi connectivity index (χ0n) is 14.3. The molecule has 27 heavy (non-hydrogen) atoms. The number of rotatable bonds is 5. The minimum absolute atomic E-state index is 0.186. The normalized spacial score (nSPS) is 13.1. The van der Waals surface area contributed by atoms with Crippen molar-refractivity contribution in [2.24, 2.45) is 0 Å². The van der Waals surface area contributed by atoms with Gasteiger partial charge in [-0.3, -0.25) is 4.79 Å². The summed E-state index contributed by atoms with van der Waals surface area (Å²) in [5, 5.41) is 6.05. The molecular formula is C21H17FN2O3. The van der Waals surface area contributed by atoms with Crippen LogP contribution in [0.5, 0.6) is 11.5 Å². The second kappa shape index (κ2) is 7.37. The summed E-state index contributed by atoms with van der Waals surface area (Å²) in [7, 11) is 0. The van der Waals surface area contributed by atoms with Crippen molar-refractivity contribution in [3.63, 3.8) is 0 Å². The fourth-order valence-electron chi connectivity index (χ4n) is 2.85. The predicted molar refractivity (Wildman–Crippen MR) is 100 cm³/mol. The van der Waals surface area contributed by atoms with E-state index >= 15 is 0 Å². The summed E-state index contributed by atoms with van der Waals surface area (Å²) in [5.41, 5.74) is 2.05. The molecule has 4 rings (SSSR count). The fourth-order valence-corrected chi connectivity index (χ4v) is 2.85. The lowest BCUT2D eigenvalue weighted by Gasteiger charge is -2.20. The molecule has 0 aromatic heterocycles. The Balaban J connectivity index is 1.59. The van der Waals surface area contributed by atoms with Crippen LogP contribution in [0.3, 0.4) is 0 Å². The largest absolute Gasteiger partial charge is 0.454 e. The standard InChI is InChI=1S/C21H17FN2O3/c22-15-6-8-16(9-7-15)24-21(25)20(14-4-2-1-3-5-14)23-17-10-11-18-19(12-17)27-13-26-18/h1-12,20,23H,13H2,(H,24,25)/t20-/m1/s1. The lowest BCUT2D eigenvalue weighted by Crippen LogP contribution is -2.27. The lowest BCUT2D eigenvalue weighted by atomic mass is 10.1. The first kappa shape index (κ1) is 16.9. The Morgan fingerprint density at radius 3 is 2.37 bits per heavy atom. The predicted octanol–water partition coefficient (Wildman–Crippen LogP) is 4.35. The van der Waals surface area contributed by atoms with Crippen LogP contribution in [0, 0.1) is 5.82 Å². The minimum atomic E-state index is -0.642. The monoisotopic (exact) mass is 364 g/mol. The summed E-state index contributed by atoms with van der Waals surface area (Å²) in [6.07, 6.45) is 0. The molecule has 0 fully saturated rings. The van der Waals surface area contributed by atoms with Gasteiger partial charge in [0.05, 0.1) is 0 Å². The van der Waals surface area contributed by atoms with Gasteiger partial charge in [-0.05, 0) is 42.0 Å². The van der Waals surface area contributed by atoms with Crippen molar-refractivity contribution >= 4 is 17.3 Å². The Labute approximate surface area is 155 Å². The molecule has 6 heteroatoms. The van der Waals surface area contributed by atoms with Crippen LogP contribution in [-0.4, -0.2) is 12.7 Å². The minimum Gasteiger partial charge on any atom is -0.454 e. The van der Waals surface area contributed by atoms with Gasteiger partial charge in [0.15, 0.2) is 11.5 Å². The average molecular weight is 364 g/mol. The molecule has 3 aromatic carbocycles. The summed E-state index contributed by atoms with van der Waals surface area (Å²) >= 11 is 0. The fraction of sp³-hybridized carbons (Fsp3) is 0.0952. The van der Waals surface area contributed by atoms with Gasteiger partial charge in [0.1, 0.15) is 11.9 Å². The van der Waals surface area contributed by atoms with Crippen molar-refractivity contribution in [1.82, 2.24) is 0 Å². The van der Waals surface area contributed by atoms with E-state index in [2.05, 4.69) is 10.6 Å². The topological polar surface area (TPSA) is 59.6 Å². The molecule has 1 heterocycles. The number of halogens is 1. The third-order valence-corrected chi connectivity index (χ3v) is 4.19. The molecule has 0 radical (unpaired) electrons. The molecule has 2 N–H and O–H groups in total. The van der Waals surface area contributed by atoms with E-state index in [-0.39, 0.29) is 18.5 Å². The Kier molecular flexibility index (Phi) is 4.61. The molecule has 1 aliphatic heterocycles. The van der Waals surface area contributed by atoms with E-state index in [1.54, 1.807) is 12.1 Å². The summed E-state index contributed by atoms with van der Waals surface area (Å²) in [4.78, 5) is 12.9. The van der Waals surface area contributed by atoms with Crippen LogP contribution in [0.1, 0.15) is 11.6 Å². The maximum absolute atomic E-state index is 13.1. The van der Waals surface area contributed by atoms with Gasteiger partial charge in [-0.15, -0.1) is 0 Å². The number of benzene rings is 3. The van der Waals surface area contributed by atoms with Gasteiger partial charge in [-0.1, -0.05) is 30.3 Å².